The predicted molar refractivity (Wildman–Crippen MR) is 175 cm³/mol. The van der Waals surface area contributed by atoms with Gasteiger partial charge in [-0.05, 0) is 88.6 Å². The first-order valence-corrected chi connectivity index (χ1v) is 16.3. The van der Waals surface area contributed by atoms with Gasteiger partial charge in [0.2, 0.25) is 11.8 Å². The van der Waals surface area contributed by atoms with Crippen LogP contribution >= 0.6 is 0 Å². The van der Waals surface area contributed by atoms with Crippen LogP contribution in [0.15, 0.2) is 71.6 Å². The number of carbonyl (C=O) groups is 2. The van der Waals surface area contributed by atoms with E-state index in [1.807, 2.05) is 65.8 Å². The Hall–Kier alpha value is -4.25. The lowest BCUT2D eigenvalue weighted by molar-refractivity contribution is -0.141. The van der Waals surface area contributed by atoms with E-state index < -0.39 is 34.1 Å². The lowest BCUT2D eigenvalue weighted by Crippen LogP contribution is -2.55. The van der Waals surface area contributed by atoms with Gasteiger partial charge in [0.15, 0.2) is 11.5 Å². The van der Waals surface area contributed by atoms with Crippen LogP contribution in [0.25, 0.3) is 0 Å². The summed E-state index contributed by atoms with van der Waals surface area (Å²) in [4.78, 5) is 29.3. The third kappa shape index (κ3) is 8.91. The number of benzene rings is 3. The Balaban J connectivity index is 2.13. The number of nitrogens with one attached hydrogen (secondary N) is 1. The summed E-state index contributed by atoms with van der Waals surface area (Å²) in [5, 5.41) is 2.98. The van der Waals surface area contributed by atoms with Crippen LogP contribution in [0.1, 0.15) is 52.2 Å². The molecule has 0 spiro atoms. The summed E-state index contributed by atoms with van der Waals surface area (Å²) in [5.74, 6) is 0.291. The summed E-state index contributed by atoms with van der Waals surface area (Å²) >= 11 is 0. The highest BCUT2D eigenvalue weighted by atomic mass is 32.2. The monoisotopic (exact) mass is 639 g/mol. The Morgan fingerprint density at radius 3 is 2.11 bits per heavy atom. The van der Waals surface area contributed by atoms with E-state index in [0.717, 1.165) is 15.4 Å². The molecule has 1 atom stereocenters. The van der Waals surface area contributed by atoms with E-state index in [1.54, 1.807) is 24.3 Å². The largest absolute Gasteiger partial charge is 0.494 e. The van der Waals surface area contributed by atoms with Crippen LogP contribution in [0.3, 0.4) is 0 Å². The second-order valence-corrected chi connectivity index (χ2v) is 13.4. The second kappa shape index (κ2) is 15.2. The number of carbonyl (C=O) groups excluding carboxylic acids is 2. The van der Waals surface area contributed by atoms with Gasteiger partial charge in [-0.15, -0.1) is 0 Å². The van der Waals surface area contributed by atoms with Gasteiger partial charge in [-0.3, -0.25) is 13.9 Å². The van der Waals surface area contributed by atoms with E-state index >= 15 is 0 Å². The molecule has 0 fully saturated rings. The quantitative estimate of drug-likeness (QED) is 0.254. The van der Waals surface area contributed by atoms with Crippen molar-refractivity contribution in [2.75, 3.05) is 31.7 Å². The maximum atomic E-state index is 14.4. The van der Waals surface area contributed by atoms with Gasteiger partial charge in [-0.1, -0.05) is 31.2 Å². The average molecular weight is 640 g/mol. The van der Waals surface area contributed by atoms with E-state index in [9.17, 15) is 18.0 Å². The number of amides is 2. The van der Waals surface area contributed by atoms with E-state index in [2.05, 4.69) is 5.32 Å². The Bertz CT molecular complexity index is 1570. The van der Waals surface area contributed by atoms with Crippen molar-refractivity contribution in [2.45, 2.75) is 71.0 Å². The third-order valence-corrected chi connectivity index (χ3v) is 8.91. The Labute approximate surface area is 267 Å². The van der Waals surface area contributed by atoms with Gasteiger partial charge in [0.05, 0.1) is 31.4 Å². The van der Waals surface area contributed by atoms with Gasteiger partial charge in [0.25, 0.3) is 10.0 Å². The van der Waals surface area contributed by atoms with Crippen molar-refractivity contribution >= 4 is 27.5 Å². The summed E-state index contributed by atoms with van der Waals surface area (Å²) in [6, 6.07) is 17.5. The number of sulfonamides is 1. The molecule has 2 amide bonds. The fraction of sp³-hybridized carbons (Fsp3) is 0.412. The number of hydrogen-bond donors (Lipinski definition) is 1. The summed E-state index contributed by atoms with van der Waals surface area (Å²) < 4.78 is 45.8. The average Bonchev–Trinajstić information content (AvgIpc) is 2.99. The van der Waals surface area contributed by atoms with Gasteiger partial charge >= 0.3 is 0 Å². The number of anilines is 1. The van der Waals surface area contributed by atoms with Crippen molar-refractivity contribution in [3.63, 3.8) is 0 Å². The number of nitrogens with zero attached hydrogens (tertiary/aromatic N) is 2. The minimum Gasteiger partial charge on any atom is -0.494 e. The molecule has 0 saturated heterocycles. The minimum absolute atomic E-state index is 0.0928. The van der Waals surface area contributed by atoms with Crippen molar-refractivity contribution < 1.29 is 32.2 Å². The first-order valence-electron chi connectivity index (χ1n) is 14.9. The second-order valence-electron chi connectivity index (χ2n) is 11.6. The molecule has 0 heterocycles. The van der Waals surface area contributed by atoms with E-state index in [0.29, 0.717) is 24.5 Å². The molecule has 1 N–H and O–H groups in total. The normalized spacial score (nSPS) is 12.2. The molecule has 244 valence electrons. The first-order chi connectivity index (χ1) is 21.2. The first kappa shape index (κ1) is 35.2. The fourth-order valence-corrected chi connectivity index (χ4v) is 6.28. The lowest BCUT2D eigenvalue weighted by Gasteiger charge is -2.35. The summed E-state index contributed by atoms with van der Waals surface area (Å²) in [5.41, 5.74) is 1.52. The van der Waals surface area contributed by atoms with Gasteiger partial charge in [-0.2, -0.15) is 0 Å². The maximum absolute atomic E-state index is 14.4. The summed E-state index contributed by atoms with van der Waals surface area (Å²) in [6.07, 6.45) is 0.324. The van der Waals surface area contributed by atoms with Crippen LogP contribution in [0.4, 0.5) is 5.69 Å². The smallest absolute Gasteiger partial charge is 0.264 e. The van der Waals surface area contributed by atoms with Crippen LogP contribution in [-0.2, 0) is 26.2 Å². The number of hydrogen-bond acceptors (Lipinski definition) is 7. The van der Waals surface area contributed by atoms with Crippen molar-refractivity contribution in [3.8, 4) is 17.2 Å². The minimum atomic E-state index is -4.32. The number of aryl methyl sites for hydroxylation is 1. The number of methoxy groups -OCH3 is 2. The van der Waals surface area contributed by atoms with E-state index in [-0.39, 0.29) is 28.8 Å². The zero-order valence-corrected chi connectivity index (χ0v) is 28.2. The summed E-state index contributed by atoms with van der Waals surface area (Å²) in [6.45, 7) is 11.2. The summed E-state index contributed by atoms with van der Waals surface area (Å²) in [7, 11) is -1.45. The van der Waals surface area contributed by atoms with Crippen molar-refractivity contribution in [1.29, 1.82) is 0 Å². The zero-order valence-electron chi connectivity index (χ0n) is 27.4. The maximum Gasteiger partial charge on any atom is 0.264 e. The van der Waals surface area contributed by atoms with Gasteiger partial charge < -0.3 is 24.4 Å². The highest BCUT2D eigenvalue weighted by Crippen LogP contribution is 2.33. The molecule has 11 heteroatoms. The lowest BCUT2D eigenvalue weighted by atomic mass is 10.0. The predicted octanol–water partition coefficient (Wildman–Crippen LogP) is 5.33. The Kier molecular flexibility index (Phi) is 11.9. The Morgan fingerprint density at radius 1 is 0.911 bits per heavy atom. The number of rotatable bonds is 14. The molecular formula is C34H45N3O7S. The van der Waals surface area contributed by atoms with Crippen LogP contribution in [-0.4, -0.2) is 64.1 Å². The molecule has 3 aromatic carbocycles. The third-order valence-electron chi connectivity index (χ3n) is 7.14. The highest BCUT2D eigenvalue weighted by molar-refractivity contribution is 7.92. The van der Waals surface area contributed by atoms with Crippen molar-refractivity contribution in [1.82, 2.24) is 10.2 Å². The fourth-order valence-electron chi connectivity index (χ4n) is 4.85. The molecular weight excluding hydrogens is 594 g/mol. The molecule has 0 aliphatic rings. The van der Waals surface area contributed by atoms with Crippen LogP contribution in [0.2, 0.25) is 0 Å². The molecule has 3 aromatic rings. The molecule has 0 saturated carbocycles. The molecule has 0 aromatic heterocycles. The standard InChI is InChI=1S/C34H45N3O7S/c1-9-29(33(39)35-34(4,5)6)36(22-25-14-12-11-13-24(25)3)32(38)23-37(26-15-17-27(18-16-26)44-10-2)45(40,41)28-19-20-30(42-7)31(21-28)43-8/h11-21,29H,9-10,22-23H2,1-8H3,(H,35,39). The van der Waals surface area contributed by atoms with Gasteiger partial charge in [0.1, 0.15) is 18.3 Å². The zero-order chi connectivity index (χ0) is 33.4. The van der Waals surface area contributed by atoms with Gasteiger partial charge in [0, 0.05) is 18.2 Å². The SMILES string of the molecule is CCOc1ccc(N(CC(=O)N(Cc2ccccc2C)C(CC)C(=O)NC(C)(C)C)S(=O)(=O)c2ccc(OC)c(OC)c2)cc1. The van der Waals surface area contributed by atoms with Crippen LogP contribution < -0.4 is 23.8 Å². The van der Waals surface area contributed by atoms with Crippen molar-refractivity contribution in [3.05, 3.63) is 77.9 Å². The molecule has 0 bridgehead atoms. The molecule has 3 rings (SSSR count). The van der Waals surface area contributed by atoms with Crippen molar-refractivity contribution in [2.24, 2.45) is 0 Å². The molecule has 0 aliphatic carbocycles. The van der Waals surface area contributed by atoms with E-state index in [4.69, 9.17) is 14.2 Å². The molecule has 45 heavy (non-hydrogen) atoms. The topological polar surface area (TPSA) is 114 Å². The number of ether oxygens (including phenoxy) is 3. The van der Waals surface area contributed by atoms with Crippen LogP contribution in [0.5, 0.6) is 17.2 Å². The van der Waals surface area contributed by atoms with Crippen LogP contribution in [0, 0.1) is 6.92 Å². The molecule has 10 nitrogen and oxygen atoms in total. The highest BCUT2D eigenvalue weighted by Gasteiger charge is 2.35. The molecule has 0 radical (unpaired) electrons. The Morgan fingerprint density at radius 2 is 1.56 bits per heavy atom. The van der Waals surface area contributed by atoms with Gasteiger partial charge in [-0.25, -0.2) is 8.42 Å². The van der Waals surface area contributed by atoms with E-state index in [1.165, 1.54) is 37.3 Å². The molecule has 1 unspecified atom stereocenters. The molecule has 0 aliphatic heterocycles.